The van der Waals surface area contributed by atoms with Gasteiger partial charge in [0.1, 0.15) is 11.9 Å². The van der Waals surface area contributed by atoms with Gasteiger partial charge in [0, 0.05) is 37.5 Å². The number of halogens is 1. The third-order valence-corrected chi connectivity index (χ3v) is 9.25. The van der Waals surface area contributed by atoms with Crippen LogP contribution < -0.4 is 9.62 Å². The molecule has 0 spiro atoms. The van der Waals surface area contributed by atoms with E-state index < -0.39 is 21.9 Å². The van der Waals surface area contributed by atoms with Crippen molar-refractivity contribution in [3.05, 3.63) is 101 Å². The third kappa shape index (κ3) is 9.13. The van der Waals surface area contributed by atoms with Crippen molar-refractivity contribution in [3.8, 4) is 0 Å². The summed E-state index contributed by atoms with van der Waals surface area (Å²) < 4.78 is 41.5. The maximum Gasteiger partial charge on any atom is 0.243 e. The van der Waals surface area contributed by atoms with E-state index in [0.29, 0.717) is 11.3 Å². The van der Waals surface area contributed by atoms with E-state index in [1.807, 2.05) is 49.4 Å². The van der Waals surface area contributed by atoms with Crippen LogP contribution in [-0.2, 0) is 39.0 Å². The Balaban J connectivity index is 1.58. The molecule has 2 amide bonds. The van der Waals surface area contributed by atoms with Gasteiger partial charge in [-0.25, -0.2) is 12.8 Å². The summed E-state index contributed by atoms with van der Waals surface area (Å²) in [7, 11) is -3.60. The summed E-state index contributed by atoms with van der Waals surface area (Å²) in [6.07, 6.45) is 6.37. The first-order chi connectivity index (χ1) is 20.7. The maximum atomic E-state index is 14.9. The fourth-order valence-electron chi connectivity index (χ4n) is 5.63. The molecule has 230 valence electrons. The average Bonchev–Trinajstić information content (AvgIpc) is 3.51. The molecular weight excluding hydrogens is 565 g/mol. The number of rotatable bonds is 14. The topological polar surface area (TPSA) is 86.8 Å². The van der Waals surface area contributed by atoms with Crippen molar-refractivity contribution in [1.82, 2.24) is 10.2 Å². The second-order valence-electron chi connectivity index (χ2n) is 11.3. The van der Waals surface area contributed by atoms with Crippen molar-refractivity contribution >= 4 is 27.5 Å². The van der Waals surface area contributed by atoms with Crippen LogP contribution in [0.3, 0.4) is 0 Å². The molecule has 1 saturated carbocycles. The number of aryl methyl sites for hydroxylation is 1. The number of benzene rings is 3. The molecule has 9 heteroatoms. The van der Waals surface area contributed by atoms with Gasteiger partial charge in [0.2, 0.25) is 21.8 Å². The van der Waals surface area contributed by atoms with Crippen LogP contribution in [0.25, 0.3) is 0 Å². The van der Waals surface area contributed by atoms with Gasteiger partial charge in [-0.2, -0.15) is 0 Å². The summed E-state index contributed by atoms with van der Waals surface area (Å²) >= 11 is 0. The lowest BCUT2D eigenvalue weighted by Crippen LogP contribution is -2.52. The predicted molar refractivity (Wildman–Crippen MR) is 169 cm³/mol. The Kier molecular flexibility index (Phi) is 11.3. The molecule has 0 radical (unpaired) electrons. The number of carbonyl (C=O) groups is 2. The number of hydrogen-bond donors (Lipinski definition) is 1. The van der Waals surface area contributed by atoms with Gasteiger partial charge >= 0.3 is 0 Å². The van der Waals surface area contributed by atoms with Crippen molar-refractivity contribution < 1.29 is 22.4 Å². The van der Waals surface area contributed by atoms with Crippen molar-refractivity contribution in [2.24, 2.45) is 0 Å². The van der Waals surface area contributed by atoms with Gasteiger partial charge in [-0.15, -0.1) is 0 Å². The minimum atomic E-state index is -3.60. The molecule has 1 aliphatic rings. The van der Waals surface area contributed by atoms with Gasteiger partial charge in [0.25, 0.3) is 0 Å². The monoisotopic (exact) mass is 607 g/mol. The summed E-state index contributed by atoms with van der Waals surface area (Å²) in [4.78, 5) is 29.2. The summed E-state index contributed by atoms with van der Waals surface area (Å²) in [5, 5.41) is 3.15. The first kappa shape index (κ1) is 32.2. The zero-order chi connectivity index (χ0) is 30.8. The van der Waals surface area contributed by atoms with E-state index in [-0.39, 0.29) is 50.2 Å². The highest BCUT2D eigenvalue weighted by Gasteiger charge is 2.32. The molecule has 43 heavy (non-hydrogen) atoms. The largest absolute Gasteiger partial charge is 0.352 e. The predicted octanol–water partition coefficient (Wildman–Crippen LogP) is 5.63. The van der Waals surface area contributed by atoms with Crippen LogP contribution in [0, 0.1) is 5.82 Å². The van der Waals surface area contributed by atoms with Crippen LogP contribution in [0.5, 0.6) is 0 Å². The van der Waals surface area contributed by atoms with Gasteiger partial charge in [-0.05, 0) is 55.0 Å². The zero-order valence-corrected chi connectivity index (χ0v) is 25.9. The quantitative estimate of drug-likeness (QED) is 0.257. The number of anilines is 1. The molecule has 0 bridgehead atoms. The van der Waals surface area contributed by atoms with Gasteiger partial charge < -0.3 is 10.2 Å². The van der Waals surface area contributed by atoms with E-state index in [2.05, 4.69) is 5.32 Å². The van der Waals surface area contributed by atoms with Crippen LogP contribution in [0.15, 0.2) is 78.9 Å². The standard InChI is InChI=1S/C34H42FN3O4S/c1-3-26-19-21-30(22-20-26)38(43(2,41)42)23-11-18-33(39)37(25-28-14-7-10-17-31(28)35)32(24-27-12-5-4-6-13-27)34(40)36-29-15-8-9-16-29/h4-7,10,12-14,17,19-22,29,32H,3,8-9,11,15-16,18,23-25H2,1-2H3,(H,36,40)/t32-/m1/s1. The highest BCUT2D eigenvalue weighted by Crippen LogP contribution is 2.23. The lowest BCUT2D eigenvalue weighted by Gasteiger charge is -2.33. The third-order valence-electron chi connectivity index (χ3n) is 8.06. The van der Waals surface area contributed by atoms with Crippen LogP contribution in [0.2, 0.25) is 0 Å². The van der Waals surface area contributed by atoms with Crippen LogP contribution in [0.4, 0.5) is 10.1 Å². The van der Waals surface area contributed by atoms with E-state index in [4.69, 9.17) is 0 Å². The number of sulfonamides is 1. The summed E-state index contributed by atoms with van der Waals surface area (Å²) in [5.74, 6) is -1.04. The Morgan fingerprint density at radius 2 is 1.58 bits per heavy atom. The SMILES string of the molecule is CCc1ccc(N(CCCC(=O)N(Cc2ccccc2F)[C@H](Cc2ccccc2)C(=O)NC2CCCC2)S(C)(=O)=O)cc1. The van der Waals surface area contributed by atoms with Crippen molar-refractivity contribution in [2.45, 2.75) is 76.9 Å². The Labute approximate surface area is 255 Å². The Bertz CT molecular complexity index is 1460. The molecule has 1 atom stereocenters. The van der Waals surface area contributed by atoms with E-state index in [0.717, 1.165) is 49.5 Å². The van der Waals surface area contributed by atoms with Gasteiger partial charge in [-0.1, -0.05) is 80.4 Å². The van der Waals surface area contributed by atoms with E-state index >= 15 is 0 Å². The number of carbonyl (C=O) groups excluding carboxylic acids is 2. The minimum Gasteiger partial charge on any atom is -0.352 e. The molecule has 1 N–H and O–H groups in total. The van der Waals surface area contributed by atoms with E-state index in [9.17, 15) is 22.4 Å². The molecule has 1 fully saturated rings. The minimum absolute atomic E-state index is 0.00445. The Morgan fingerprint density at radius 3 is 2.21 bits per heavy atom. The molecule has 0 aromatic heterocycles. The summed E-state index contributed by atoms with van der Waals surface area (Å²) in [5.41, 5.74) is 2.83. The highest BCUT2D eigenvalue weighted by atomic mass is 32.2. The molecule has 0 unspecified atom stereocenters. The van der Waals surface area contributed by atoms with Gasteiger partial charge in [-0.3, -0.25) is 13.9 Å². The van der Waals surface area contributed by atoms with Crippen LogP contribution >= 0.6 is 0 Å². The average molecular weight is 608 g/mol. The zero-order valence-electron chi connectivity index (χ0n) is 25.0. The van der Waals surface area contributed by atoms with E-state index in [1.54, 1.807) is 30.3 Å². The molecule has 1 aliphatic carbocycles. The second-order valence-corrected chi connectivity index (χ2v) is 13.2. The molecule has 0 heterocycles. The Hall–Kier alpha value is -3.72. The maximum absolute atomic E-state index is 14.9. The first-order valence-corrected chi connectivity index (χ1v) is 16.9. The van der Waals surface area contributed by atoms with Gasteiger partial charge in [0.15, 0.2) is 0 Å². The van der Waals surface area contributed by atoms with Crippen molar-refractivity contribution in [2.75, 3.05) is 17.1 Å². The number of hydrogen-bond acceptors (Lipinski definition) is 4. The lowest BCUT2D eigenvalue weighted by molar-refractivity contribution is -0.141. The fourth-order valence-corrected chi connectivity index (χ4v) is 6.60. The van der Waals surface area contributed by atoms with Crippen molar-refractivity contribution in [1.29, 1.82) is 0 Å². The van der Waals surface area contributed by atoms with Crippen molar-refractivity contribution in [3.63, 3.8) is 0 Å². The molecular formula is C34H42FN3O4S. The lowest BCUT2D eigenvalue weighted by atomic mass is 10.0. The highest BCUT2D eigenvalue weighted by molar-refractivity contribution is 7.92. The van der Waals surface area contributed by atoms with Crippen LogP contribution in [0.1, 0.15) is 62.1 Å². The number of nitrogens with zero attached hydrogens (tertiary/aromatic N) is 2. The first-order valence-electron chi connectivity index (χ1n) is 15.1. The van der Waals surface area contributed by atoms with Crippen LogP contribution in [-0.4, -0.2) is 50.0 Å². The molecule has 3 aromatic carbocycles. The summed E-state index contributed by atoms with van der Waals surface area (Å²) in [6.45, 7) is 2.05. The second kappa shape index (κ2) is 15.1. The van der Waals surface area contributed by atoms with E-state index in [1.165, 1.54) is 15.3 Å². The number of nitrogens with one attached hydrogen (secondary N) is 1. The molecule has 3 aromatic rings. The van der Waals surface area contributed by atoms with Gasteiger partial charge in [0.05, 0.1) is 11.9 Å². The molecule has 4 rings (SSSR count). The normalized spacial score (nSPS) is 14.3. The fraction of sp³-hybridized carbons (Fsp3) is 0.412. The number of amides is 2. The summed E-state index contributed by atoms with van der Waals surface area (Å²) in [6, 6.07) is 22.3. The molecule has 0 aliphatic heterocycles. The molecule has 0 saturated heterocycles. The molecule has 7 nitrogen and oxygen atoms in total. The smallest absolute Gasteiger partial charge is 0.243 e. The Morgan fingerprint density at radius 1 is 0.930 bits per heavy atom.